The van der Waals surface area contributed by atoms with Gasteiger partial charge in [-0.3, -0.25) is 9.59 Å². The quantitative estimate of drug-likeness (QED) is 0.913. The fraction of sp³-hybridized carbons (Fsp3) is 0.600. The van der Waals surface area contributed by atoms with Crippen LogP contribution in [0.15, 0.2) is 24.3 Å². The van der Waals surface area contributed by atoms with Crippen LogP contribution in [0.4, 0.5) is 5.69 Å². The van der Waals surface area contributed by atoms with E-state index in [1.807, 2.05) is 21.9 Å². The molecule has 4 rings (SSSR count). The van der Waals surface area contributed by atoms with Gasteiger partial charge in [0.25, 0.3) is 0 Å². The average molecular weight is 341 g/mol. The standard InChI is InChI=1S/C20H27N3O2/c21-16-8-7-14(12-16)20(25)23-13-15(17-4-1-2-5-18(17)23)9-11-22-10-3-6-19(22)24/h1-2,4-5,14-16H,3,6-13,21H2. The highest BCUT2D eigenvalue weighted by atomic mass is 16.2. The van der Waals surface area contributed by atoms with Crippen molar-refractivity contribution in [3.8, 4) is 0 Å². The molecule has 2 amide bonds. The fourth-order valence-corrected chi connectivity index (χ4v) is 4.66. The maximum atomic E-state index is 13.0. The van der Waals surface area contributed by atoms with Gasteiger partial charge in [0.05, 0.1) is 0 Å². The van der Waals surface area contributed by atoms with E-state index in [4.69, 9.17) is 5.73 Å². The number of carbonyl (C=O) groups is 2. The molecule has 3 unspecified atom stereocenters. The molecule has 0 bridgehead atoms. The van der Waals surface area contributed by atoms with Crippen LogP contribution in [0.1, 0.15) is 50.0 Å². The second-order valence-corrected chi connectivity index (χ2v) is 7.75. The molecule has 1 aliphatic carbocycles. The van der Waals surface area contributed by atoms with E-state index in [1.54, 1.807) is 0 Å². The van der Waals surface area contributed by atoms with Crippen LogP contribution in [-0.2, 0) is 9.59 Å². The van der Waals surface area contributed by atoms with Crippen molar-refractivity contribution in [3.05, 3.63) is 29.8 Å². The molecule has 1 aromatic carbocycles. The van der Waals surface area contributed by atoms with Crippen molar-refractivity contribution < 1.29 is 9.59 Å². The van der Waals surface area contributed by atoms with E-state index in [1.165, 1.54) is 5.56 Å². The van der Waals surface area contributed by atoms with Gasteiger partial charge in [-0.05, 0) is 43.7 Å². The Morgan fingerprint density at radius 3 is 2.80 bits per heavy atom. The number of likely N-dealkylation sites (tertiary alicyclic amines) is 1. The number of fused-ring (bicyclic) bond motifs is 1. The van der Waals surface area contributed by atoms with Crippen LogP contribution >= 0.6 is 0 Å². The summed E-state index contributed by atoms with van der Waals surface area (Å²) in [7, 11) is 0. The van der Waals surface area contributed by atoms with Gasteiger partial charge in [-0.25, -0.2) is 0 Å². The van der Waals surface area contributed by atoms with Crippen LogP contribution in [0.3, 0.4) is 0 Å². The highest BCUT2D eigenvalue weighted by molar-refractivity contribution is 5.97. The maximum absolute atomic E-state index is 13.0. The van der Waals surface area contributed by atoms with Crippen molar-refractivity contribution in [1.29, 1.82) is 0 Å². The molecule has 1 saturated heterocycles. The second kappa shape index (κ2) is 6.79. The lowest BCUT2D eigenvalue weighted by Crippen LogP contribution is -2.35. The van der Waals surface area contributed by atoms with Gasteiger partial charge in [-0.2, -0.15) is 0 Å². The molecule has 2 heterocycles. The minimum absolute atomic E-state index is 0.0713. The number of hydrogen-bond donors (Lipinski definition) is 1. The lowest BCUT2D eigenvalue weighted by molar-refractivity contribution is -0.127. The number of para-hydroxylation sites is 1. The van der Waals surface area contributed by atoms with E-state index < -0.39 is 0 Å². The number of nitrogens with zero attached hydrogens (tertiary/aromatic N) is 2. The molecule has 3 atom stereocenters. The summed E-state index contributed by atoms with van der Waals surface area (Å²) in [5.74, 6) is 0.907. The van der Waals surface area contributed by atoms with Crippen LogP contribution in [0.25, 0.3) is 0 Å². The topological polar surface area (TPSA) is 66.6 Å². The van der Waals surface area contributed by atoms with Crippen molar-refractivity contribution >= 4 is 17.5 Å². The monoisotopic (exact) mass is 341 g/mol. The Labute approximate surface area is 149 Å². The molecule has 5 nitrogen and oxygen atoms in total. The maximum Gasteiger partial charge on any atom is 0.230 e. The predicted octanol–water partition coefficient (Wildman–Crippen LogP) is 2.26. The first kappa shape index (κ1) is 16.6. The summed E-state index contributed by atoms with van der Waals surface area (Å²) in [6, 6.07) is 8.42. The third-order valence-corrected chi connectivity index (χ3v) is 6.08. The number of rotatable bonds is 4. The Bertz CT molecular complexity index is 675. The van der Waals surface area contributed by atoms with Gasteiger partial charge >= 0.3 is 0 Å². The van der Waals surface area contributed by atoms with Crippen molar-refractivity contribution in [2.24, 2.45) is 11.7 Å². The summed E-state index contributed by atoms with van der Waals surface area (Å²) in [6.07, 6.45) is 5.26. The SMILES string of the molecule is NC1CCC(C(=O)N2CC(CCN3CCCC3=O)c3ccccc32)C1. The van der Waals surface area contributed by atoms with Crippen molar-refractivity contribution in [2.75, 3.05) is 24.5 Å². The van der Waals surface area contributed by atoms with Crippen LogP contribution in [0, 0.1) is 5.92 Å². The number of nitrogens with two attached hydrogens (primary N) is 1. The summed E-state index contributed by atoms with van der Waals surface area (Å²) in [4.78, 5) is 28.8. The normalized spacial score (nSPS) is 28.7. The van der Waals surface area contributed by atoms with Gasteiger partial charge < -0.3 is 15.5 Å². The molecule has 5 heteroatoms. The van der Waals surface area contributed by atoms with Gasteiger partial charge in [0, 0.05) is 49.6 Å². The number of hydrogen-bond acceptors (Lipinski definition) is 3. The van der Waals surface area contributed by atoms with Crippen LogP contribution < -0.4 is 10.6 Å². The zero-order valence-corrected chi connectivity index (χ0v) is 14.7. The first-order valence-electron chi connectivity index (χ1n) is 9.57. The predicted molar refractivity (Wildman–Crippen MR) is 97.3 cm³/mol. The molecule has 2 aliphatic heterocycles. The number of amides is 2. The summed E-state index contributed by atoms with van der Waals surface area (Å²) in [5.41, 5.74) is 8.32. The van der Waals surface area contributed by atoms with Crippen molar-refractivity contribution in [3.63, 3.8) is 0 Å². The molecule has 134 valence electrons. The first-order chi connectivity index (χ1) is 12.1. The fourth-order valence-electron chi connectivity index (χ4n) is 4.66. The van der Waals surface area contributed by atoms with Crippen LogP contribution in [0.5, 0.6) is 0 Å². The molecule has 0 radical (unpaired) electrons. The van der Waals surface area contributed by atoms with Gasteiger partial charge in [0.15, 0.2) is 0 Å². The minimum atomic E-state index is 0.0713. The van der Waals surface area contributed by atoms with Crippen molar-refractivity contribution in [2.45, 2.75) is 50.5 Å². The highest BCUT2D eigenvalue weighted by Gasteiger charge is 2.37. The van der Waals surface area contributed by atoms with E-state index in [-0.39, 0.29) is 23.8 Å². The Balaban J connectivity index is 1.47. The van der Waals surface area contributed by atoms with Gasteiger partial charge in [-0.1, -0.05) is 18.2 Å². The summed E-state index contributed by atoms with van der Waals surface area (Å²) in [6.45, 7) is 2.43. The van der Waals surface area contributed by atoms with E-state index in [0.717, 1.165) is 57.4 Å². The van der Waals surface area contributed by atoms with E-state index in [9.17, 15) is 9.59 Å². The zero-order valence-electron chi connectivity index (χ0n) is 14.7. The zero-order chi connectivity index (χ0) is 17.4. The van der Waals surface area contributed by atoms with Gasteiger partial charge in [0.2, 0.25) is 11.8 Å². The molecular weight excluding hydrogens is 314 g/mol. The Hall–Kier alpha value is -1.88. The lowest BCUT2D eigenvalue weighted by Gasteiger charge is -2.22. The molecule has 3 aliphatic rings. The van der Waals surface area contributed by atoms with E-state index >= 15 is 0 Å². The van der Waals surface area contributed by atoms with E-state index in [0.29, 0.717) is 12.3 Å². The molecule has 1 aromatic rings. The molecule has 25 heavy (non-hydrogen) atoms. The lowest BCUT2D eigenvalue weighted by atomic mass is 9.98. The third-order valence-electron chi connectivity index (χ3n) is 6.08. The van der Waals surface area contributed by atoms with Crippen LogP contribution in [-0.4, -0.2) is 42.4 Å². The largest absolute Gasteiger partial charge is 0.343 e. The van der Waals surface area contributed by atoms with Crippen LogP contribution in [0.2, 0.25) is 0 Å². The van der Waals surface area contributed by atoms with E-state index in [2.05, 4.69) is 12.1 Å². The summed E-state index contributed by atoms with van der Waals surface area (Å²) in [5, 5.41) is 0. The number of benzene rings is 1. The molecule has 0 spiro atoms. The number of anilines is 1. The first-order valence-corrected chi connectivity index (χ1v) is 9.57. The molecule has 2 N–H and O–H groups in total. The highest BCUT2D eigenvalue weighted by Crippen LogP contribution is 2.40. The summed E-state index contributed by atoms with van der Waals surface area (Å²) >= 11 is 0. The minimum Gasteiger partial charge on any atom is -0.343 e. The van der Waals surface area contributed by atoms with Crippen molar-refractivity contribution in [1.82, 2.24) is 4.90 Å². The van der Waals surface area contributed by atoms with Gasteiger partial charge in [0.1, 0.15) is 0 Å². The molecule has 1 saturated carbocycles. The average Bonchev–Trinajstić information content (AvgIpc) is 3.31. The molecular formula is C20H27N3O2. The third kappa shape index (κ3) is 3.17. The Morgan fingerprint density at radius 1 is 1.24 bits per heavy atom. The Kier molecular flexibility index (Phi) is 4.50. The smallest absolute Gasteiger partial charge is 0.230 e. The molecule has 0 aromatic heterocycles. The Morgan fingerprint density at radius 2 is 2.08 bits per heavy atom. The number of carbonyl (C=O) groups excluding carboxylic acids is 2. The van der Waals surface area contributed by atoms with Gasteiger partial charge in [-0.15, -0.1) is 0 Å². The second-order valence-electron chi connectivity index (χ2n) is 7.75. The molecule has 2 fully saturated rings. The summed E-state index contributed by atoms with van der Waals surface area (Å²) < 4.78 is 0.